The van der Waals surface area contributed by atoms with E-state index in [0.29, 0.717) is 5.56 Å². The average Bonchev–Trinajstić information content (AvgIpc) is 2.57. The number of carboxylic acids is 1. The predicted octanol–water partition coefficient (Wildman–Crippen LogP) is 2.95. The Kier molecular flexibility index (Phi) is 6.52. The molecule has 0 radical (unpaired) electrons. The number of aliphatic carboxylic acids is 1. The molecule has 5 nitrogen and oxygen atoms in total. The van der Waals surface area contributed by atoms with Crippen LogP contribution in [0.25, 0.3) is 0 Å². The molecule has 0 heterocycles. The lowest BCUT2D eigenvalue weighted by Crippen LogP contribution is -2.44. The molecule has 0 unspecified atom stereocenters. The third-order valence-electron chi connectivity index (χ3n) is 3.57. The number of nitrogens with one attached hydrogen (secondary N) is 1. The predicted molar refractivity (Wildman–Crippen MR) is 93.6 cm³/mol. The molecule has 126 valence electrons. The lowest BCUT2D eigenvalue weighted by Gasteiger charge is -2.20. The molecule has 2 rings (SSSR count). The zero-order valence-electron chi connectivity index (χ0n) is 13.1. The molecule has 2 N–H and O–H groups in total. The van der Waals surface area contributed by atoms with Gasteiger partial charge in [0.1, 0.15) is 6.04 Å². The van der Waals surface area contributed by atoms with Gasteiger partial charge in [-0.3, -0.25) is 4.79 Å². The summed E-state index contributed by atoms with van der Waals surface area (Å²) in [7, 11) is 1.42. The van der Waals surface area contributed by atoms with E-state index in [0.717, 1.165) is 10.0 Å². The molecular formula is C18H18BrNO4. The number of ether oxygens (including phenoxy) is 1. The SMILES string of the molecule is CO[C@@H](C(=O)N[C@H](Cc1ccccc1Br)C(=O)O)c1ccccc1. The Morgan fingerprint density at radius 3 is 2.33 bits per heavy atom. The standard InChI is InChI=1S/C18H18BrNO4/c1-24-16(12-7-3-2-4-8-12)17(21)20-15(18(22)23)11-13-9-5-6-10-14(13)19/h2-10,15-16H,11H2,1H3,(H,20,21)(H,22,23)/t15-,16-/m1/s1. The second kappa shape index (κ2) is 8.61. The van der Waals surface area contributed by atoms with Gasteiger partial charge in [-0.15, -0.1) is 0 Å². The van der Waals surface area contributed by atoms with Crippen molar-refractivity contribution >= 4 is 27.8 Å². The highest BCUT2D eigenvalue weighted by atomic mass is 79.9. The summed E-state index contributed by atoms with van der Waals surface area (Å²) >= 11 is 3.39. The van der Waals surface area contributed by atoms with E-state index in [9.17, 15) is 14.7 Å². The third-order valence-corrected chi connectivity index (χ3v) is 4.35. The van der Waals surface area contributed by atoms with Gasteiger partial charge in [-0.2, -0.15) is 0 Å². The van der Waals surface area contributed by atoms with E-state index in [1.807, 2.05) is 30.3 Å². The molecule has 0 bridgehead atoms. The summed E-state index contributed by atoms with van der Waals surface area (Å²) < 4.78 is 6.04. The van der Waals surface area contributed by atoms with Gasteiger partial charge >= 0.3 is 5.97 Å². The second-order valence-corrected chi connectivity index (χ2v) is 6.08. The molecule has 2 atom stereocenters. The minimum absolute atomic E-state index is 0.174. The minimum atomic E-state index is -1.10. The van der Waals surface area contributed by atoms with E-state index < -0.39 is 24.0 Å². The number of methoxy groups -OCH3 is 1. The first-order valence-corrected chi connectivity index (χ1v) is 8.16. The maximum absolute atomic E-state index is 12.5. The summed E-state index contributed by atoms with van der Waals surface area (Å²) in [4.78, 5) is 24.0. The highest BCUT2D eigenvalue weighted by Crippen LogP contribution is 2.19. The summed E-state index contributed by atoms with van der Waals surface area (Å²) in [6.07, 6.45) is -0.680. The van der Waals surface area contributed by atoms with Crippen molar-refractivity contribution in [2.24, 2.45) is 0 Å². The van der Waals surface area contributed by atoms with Crippen LogP contribution in [-0.2, 0) is 20.7 Å². The monoisotopic (exact) mass is 391 g/mol. The van der Waals surface area contributed by atoms with Crippen molar-refractivity contribution < 1.29 is 19.4 Å². The van der Waals surface area contributed by atoms with Gasteiger partial charge in [0, 0.05) is 18.0 Å². The van der Waals surface area contributed by atoms with Crippen molar-refractivity contribution in [3.63, 3.8) is 0 Å². The molecule has 0 spiro atoms. The van der Waals surface area contributed by atoms with Crippen molar-refractivity contribution in [2.75, 3.05) is 7.11 Å². The number of amides is 1. The fourth-order valence-electron chi connectivity index (χ4n) is 2.35. The summed E-state index contributed by atoms with van der Waals surface area (Å²) in [5, 5.41) is 12.0. The van der Waals surface area contributed by atoms with Crippen LogP contribution in [0.2, 0.25) is 0 Å². The zero-order chi connectivity index (χ0) is 17.5. The number of halogens is 1. The lowest BCUT2D eigenvalue weighted by atomic mass is 10.0. The second-order valence-electron chi connectivity index (χ2n) is 5.22. The maximum atomic E-state index is 12.5. The van der Waals surface area contributed by atoms with Crippen molar-refractivity contribution in [1.29, 1.82) is 0 Å². The smallest absolute Gasteiger partial charge is 0.326 e. The first-order valence-electron chi connectivity index (χ1n) is 7.37. The van der Waals surface area contributed by atoms with Crippen molar-refractivity contribution in [3.05, 3.63) is 70.2 Å². The number of benzene rings is 2. The van der Waals surface area contributed by atoms with Crippen LogP contribution >= 0.6 is 15.9 Å². The van der Waals surface area contributed by atoms with Gasteiger partial charge in [0.05, 0.1) is 0 Å². The largest absolute Gasteiger partial charge is 0.480 e. The van der Waals surface area contributed by atoms with Crippen LogP contribution in [0.1, 0.15) is 17.2 Å². The van der Waals surface area contributed by atoms with Crippen LogP contribution in [0.15, 0.2) is 59.1 Å². The molecule has 0 aliphatic heterocycles. The Balaban J connectivity index is 2.13. The Labute approximate surface area is 148 Å². The van der Waals surface area contributed by atoms with E-state index in [4.69, 9.17) is 4.74 Å². The first-order chi connectivity index (χ1) is 11.5. The number of carbonyl (C=O) groups is 2. The molecule has 6 heteroatoms. The van der Waals surface area contributed by atoms with Crippen LogP contribution in [0, 0.1) is 0 Å². The number of carboxylic acid groups (broad SMARTS) is 1. The number of hydrogen-bond acceptors (Lipinski definition) is 3. The Hall–Kier alpha value is -2.18. The van der Waals surface area contributed by atoms with Crippen LogP contribution < -0.4 is 5.32 Å². The lowest BCUT2D eigenvalue weighted by molar-refractivity contribution is -0.144. The van der Waals surface area contributed by atoms with Crippen molar-refractivity contribution in [1.82, 2.24) is 5.32 Å². The molecule has 2 aromatic rings. The van der Waals surface area contributed by atoms with Gasteiger partial charge < -0.3 is 15.2 Å². The highest BCUT2D eigenvalue weighted by molar-refractivity contribution is 9.10. The van der Waals surface area contributed by atoms with Gasteiger partial charge in [0.2, 0.25) is 0 Å². The third kappa shape index (κ3) is 4.66. The van der Waals surface area contributed by atoms with Gasteiger partial charge in [-0.25, -0.2) is 4.79 Å². The van der Waals surface area contributed by atoms with Gasteiger partial charge in [-0.1, -0.05) is 64.5 Å². The van der Waals surface area contributed by atoms with Gasteiger partial charge in [0.15, 0.2) is 6.10 Å². The number of carbonyl (C=O) groups excluding carboxylic acids is 1. The molecular weight excluding hydrogens is 374 g/mol. The summed E-state index contributed by atoms with van der Waals surface area (Å²) in [6, 6.07) is 15.2. The molecule has 24 heavy (non-hydrogen) atoms. The van der Waals surface area contributed by atoms with Crippen LogP contribution in [0.5, 0.6) is 0 Å². The number of hydrogen-bond donors (Lipinski definition) is 2. The molecule has 0 saturated heterocycles. The van der Waals surface area contributed by atoms with Crippen LogP contribution in [-0.4, -0.2) is 30.1 Å². The Bertz CT molecular complexity index is 705. The molecule has 2 aromatic carbocycles. The van der Waals surface area contributed by atoms with E-state index in [1.54, 1.807) is 24.3 Å². The van der Waals surface area contributed by atoms with E-state index in [1.165, 1.54) is 7.11 Å². The molecule has 0 aliphatic rings. The number of rotatable bonds is 7. The highest BCUT2D eigenvalue weighted by Gasteiger charge is 2.26. The molecule has 0 fully saturated rings. The zero-order valence-corrected chi connectivity index (χ0v) is 14.7. The Morgan fingerprint density at radius 2 is 1.75 bits per heavy atom. The maximum Gasteiger partial charge on any atom is 0.326 e. The average molecular weight is 392 g/mol. The molecule has 0 saturated carbocycles. The molecule has 1 amide bonds. The molecule has 0 aromatic heterocycles. The van der Waals surface area contributed by atoms with Crippen LogP contribution in [0.4, 0.5) is 0 Å². The fourth-order valence-corrected chi connectivity index (χ4v) is 2.80. The van der Waals surface area contributed by atoms with Crippen molar-refractivity contribution in [2.45, 2.75) is 18.6 Å². The minimum Gasteiger partial charge on any atom is -0.480 e. The van der Waals surface area contributed by atoms with Crippen molar-refractivity contribution in [3.8, 4) is 0 Å². The van der Waals surface area contributed by atoms with E-state index in [-0.39, 0.29) is 6.42 Å². The van der Waals surface area contributed by atoms with Gasteiger partial charge in [-0.05, 0) is 17.2 Å². The summed E-state index contributed by atoms with van der Waals surface area (Å²) in [6.45, 7) is 0. The topological polar surface area (TPSA) is 75.6 Å². The van der Waals surface area contributed by atoms with E-state index in [2.05, 4.69) is 21.2 Å². The summed E-state index contributed by atoms with van der Waals surface area (Å²) in [5.74, 6) is -1.58. The molecule has 0 aliphatic carbocycles. The Morgan fingerprint density at radius 1 is 1.12 bits per heavy atom. The quantitative estimate of drug-likeness (QED) is 0.760. The normalized spacial score (nSPS) is 13.1. The first kappa shape index (κ1) is 18.2. The van der Waals surface area contributed by atoms with Gasteiger partial charge in [0.25, 0.3) is 5.91 Å². The fraction of sp³-hybridized carbons (Fsp3) is 0.222. The van der Waals surface area contributed by atoms with Crippen LogP contribution in [0.3, 0.4) is 0 Å². The summed E-state index contributed by atoms with van der Waals surface area (Å²) in [5.41, 5.74) is 1.47. The van der Waals surface area contributed by atoms with E-state index >= 15 is 0 Å².